The van der Waals surface area contributed by atoms with Crippen molar-refractivity contribution in [1.29, 1.82) is 0 Å². The highest BCUT2D eigenvalue weighted by Crippen LogP contribution is 1.92. The van der Waals surface area contributed by atoms with E-state index in [1.165, 1.54) is 0 Å². The molecule has 0 fully saturated rings. The average Bonchev–Trinajstić information content (AvgIpc) is 1.97. The van der Waals surface area contributed by atoms with E-state index >= 15 is 0 Å². The largest absolute Gasteiger partial charge is 0.468 e. The van der Waals surface area contributed by atoms with E-state index in [1.54, 1.807) is 0 Å². The Hall–Kier alpha value is -0.570. The van der Waals surface area contributed by atoms with Gasteiger partial charge < -0.3 is 10.1 Å². The second kappa shape index (κ2) is 8.43. The predicted molar refractivity (Wildman–Crippen MR) is 39.8 cm³/mol. The summed E-state index contributed by atoms with van der Waals surface area (Å²) in [5.74, 6) is 0. The van der Waals surface area contributed by atoms with Crippen LogP contribution in [-0.4, -0.2) is 26.7 Å². The Labute approximate surface area is 61.8 Å². The van der Waals surface area contributed by atoms with E-state index in [0.717, 1.165) is 25.8 Å². The Bertz CT molecular complexity index is 76.0. The standard InChI is InChI=1S/C7H15NO2/c1-8-5-3-2-4-6-10-7-9/h7-8H,2-6H2,1H3. The Morgan fingerprint density at radius 2 is 2.20 bits per heavy atom. The average molecular weight is 145 g/mol. The first-order valence-corrected chi connectivity index (χ1v) is 3.61. The molecule has 0 aliphatic rings. The van der Waals surface area contributed by atoms with Crippen LogP contribution >= 0.6 is 0 Å². The van der Waals surface area contributed by atoms with Crippen molar-refractivity contribution < 1.29 is 9.53 Å². The molecular formula is C7H15NO2. The van der Waals surface area contributed by atoms with E-state index in [2.05, 4.69) is 10.1 Å². The first-order valence-electron chi connectivity index (χ1n) is 3.61. The van der Waals surface area contributed by atoms with Gasteiger partial charge in [0, 0.05) is 0 Å². The third-order valence-corrected chi connectivity index (χ3v) is 1.26. The minimum absolute atomic E-state index is 0.498. The fraction of sp³-hybridized carbons (Fsp3) is 0.857. The molecule has 0 aliphatic heterocycles. The smallest absolute Gasteiger partial charge is 0.293 e. The number of unbranched alkanes of at least 4 members (excludes halogenated alkanes) is 2. The lowest BCUT2D eigenvalue weighted by Gasteiger charge is -1.98. The number of rotatable bonds is 7. The summed E-state index contributed by atoms with van der Waals surface area (Å²) in [5, 5.41) is 3.05. The molecule has 0 radical (unpaired) electrons. The highest BCUT2D eigenvalue weighted by atomic mass is 16.5. The van der Waals surface area contributed by atoms with Crippen molar-refractivity contribution in [2.24, 2.45) is 0 Å². The molecule has 10 heavy (non-hydrogen) atoms. The molecule has 3 heteroatoms. The second-order valence-electron chi connectivity index (χ2n) is 2.13. The normalized spacial score (nSPS) is 9.30. The van der Waals surface area contributed by atoms with E-state index in [0.29, 0.717) is 13.1 Å². The Morgan fingerprint density at radius 3 is 2.80 bits per heavy atom. The highest BCUT2D eigenvalue weighted by Gasteiger charge is 1.86. The number of nitrogens with one attached hydrogen (secondary N) is 1. The topological polar surface area (TPSA) is 38.3 Å². The van der Waals surface area contributed by atoms with Gasteiger partial charge in [-0.2, -0.15) is 0 Å². The number of hydrogen-bond acceptors (Lipinski definition) is 3. The molecule has 0 amide bonds. The van der Waals surface area contributed by atoms with Crippen molar-refractivity contribution in [3.63, 3.8) is 0 Å². The maximum atomic E-state index is 9.66. The Kier molecular flexibility index (Phi) is 7.95. The zero-order valence-corrected chi connectivity index (χ0v) is 6.43. The third kappa shape index (κ3) is 7.43. The summed E-state index contributed by atoms with van der Waals surface area (Å²) in [6, 6.07) is 0. The third-order valence-electron chi connectivity index (χ3n) is 1.26. The maximum absolute atomic E-state index is 9.66. The van der Waals surface area contributed by atoms with Crippen LogP contribution < -0.4 is 5.32 Å². The molecule has 0 aliphatic carbocycles. The molecule has 0 unspecified atom stereocenters. The Balaban J connectivity index is 2.70. The predicted octanol–water partition coefficient (Wildman–Crippen LogP) is 0.549. The monoisotopic (exact) mass is 145 g/mol. The zero-order chi connectivity index (χ0) is 7.66. The summed E-state index contributed by atoms with van der Waals surface area (Å²) in [6.45, 7) is 2.10. The fourth-order valence-electron chi connectivity index (χ4n) is 0.712. The van der Waals surface area contributed by atoms with Crippen molar-refractivity contribution in [1.82, 2.24) is 5.32 Å². The molecule has 0 saturated carbocycles. The van der Waals surface area contributed by atoms with Crippen molar-refractivity contribution >= 4 is 6.47 Å². The molecule has 60 valence electrons. The van der Waals surface area contributed by atoms with Crippen LogP contribution in [0.4, 0.5) is 0 Å². The molecule has 0 rings (SSSR count). The van der Waals surface area contributed by atoms with Crippen LogP contribution in [0.25, 0.3) is 0 Å². The van der Waals surface area contributed by atoms with Crippen LogP contribution in [0.3, 0.4) is 0 Å². The van der Waals surface area contributed by atoms with Gasteiger partial charge in [0.15, 0.2) is 0 Å². The summed E-state index contributed by atoms with van der Waals surface area (Å²) in [4.78, 5) is 9.66. The number of ether oxygens (including phenoxy) is 1. The molecular weight excluding hydrogens is 130 g/mol. The minimum atomic E-state index is 0.498. The van der Waals surface area contributed by atoms with Crippen LogP contribution in [0, 0.1) is 0 Å². The van der Waals surface area contributed by atoms with Gasteiger partial charge in [0.25, 0.3) is 6.47 Å². The summed E-state index contributed by atoms with van der Waals surface area (Å²) < 4.78 is 4.51. The van der Waals surface area contributed by atoms with Gasteiger partial charge in [0.05, 0.1) is 6.61 Å². The molecule has 3 nitrogen and oxygen atoms in total. The van der Waals surface area contributed by atoms with Gasteiger partial charge in [0.2, 0.25) is 0 Å². The van der Waals surface area contributed by atoms with Crippen molar-refractivity contribution in [2.75, 3.05) is 20.2 Å². The summed E-state index contributed by atoms with van der Waals surface area (Å²) in [6.07, 6.45) is 3.24. The Morgan fingerprint density at radius 1 is 1.40 bits per heavy atom. The first-order chi connectivity index (χ1) is 4.91. The van der Waals surface area contributed by atoms with Crippen LogP contribution in [0.15, 0.2) is 0 Å². The number of carbonyl (C=O) groups is 1. The molecule has 0 heterocycles. The van der Waals surface area contributed by atoms with Gasteiger partial charge in [-0.15, -0.1) is 0 Å². The van der Waals surface area contributed by atoms with E-state index in [1.807, 2.05) is 7.05 Å². The van der Waals surface area contributed by atoms with Gasteiger partial charge >= 0.3 is 0 Å². The molecule has 0 aromatic heterocycles. The zero-order valence-electron chi connectivity index (χ0n) is 6.43. The summed E-state index contributed by atoms with van der Waals surface area (Å²) in [5.41, 5.74) is 0. The number of hydrogen-bond donors (Lipinski definition) is 1. The van der Waals surface area contributed by atoms with E-state index in [4.69, 9.17) is 0 Å². The van der Waals surface area contributed by atoms with E-state index in [-0.39, 0.29) is 0 Å². The van der Waals surface area contributed by atoms with Gasteiger partial charge in [-0.25, -0.2) is 0 Å². The van der Waals surface area contributed by atoms with Gasteiger partial charge in [-0.05, 0) is 32.9 Å². The first kappa shape index (κ1) is 9.43. The molecule has 0 aromatic carbocycles. The molecule has 0 bridgehead atoms. The summed E-state index contributed by atoms with van der Waals surface area (Å²) in [7, 11) is 1.93. The van der Waals surface area contributed by atoms with Gasteiger partial charge in [0.1, 0.15) is 0 Å². The van der Waals surface area contributed by atoms with Crippen LogP contribution in [-0.2, 0) is 9.53 Å². The van der Waals surface area contributed by atoms with Crippen LogP contribution in [0.5, 0.6) is 0 Å². The van der Waals surface area contributed by atoms with Crippen molar-refractivity contribution in [3.05, 3.63) is 0 Å². The van der Waals surface area contributed by atoms with Crippen LogP contribution in [0.2, 0.25) is 0 Å². The van der Waals surface area contributed by atoms with Crippen molar-refractivity contribution in [3.8, 4) is 0 Å². The summed E-state index contributed by atoms with van der Waals surface area (Å²) >= 11 is 0. The molecule has 0 saturated heterocycles. The SMILES string of the molecule is CNCCCCCOC=O. The second-order valence-corrected chi connectivity index (χ2v) is 2.13. The lowest BCUT2D eigenvalue weighted by atomic mass is 10.2. The van der Waals surface area contributed by atoms with Gasteiger partial charge in [-0.1, -0.05) is 0 Å². The van der Waals surface area contributed by atoms with E-state index < -0.39 is 0 Å². The lowest BCUT2D eigenvalue weighted by molar-refractivity contribution is -0.128. The molecule has 0 spiro atoms. The fourth-order valence-corrected chi connectivity index (χ4v) is 0.712. The minimum Gasteiger partial charge on any atom is -0.468 e. The van der Waals surface area contributed by atoms with E-state index in [9.17, 15) is 4.79 Å². The molecule has 0 aromatic rings. The quantitative estimate of drug-likeness (QED) is 0.420. The number of carbonyl (C=O) groups excluding carboxylic acids is 1. The van der Waals surface area contributed by atoms with Crippen LogP contribution in [0.1, 0.15) is 19.3 Å². The highest BCUT2D eigenvalue weighted by molar-refractivity contribution is 5.36. The molecule has 0 atom stereocenters. The van der Waals surface area contributed by atoms with Crippen molar-refractivity contribution in [2.45, 2.75) is 19.3 Å². The van der Waals surface area contributed by atoms with Gasteiger partial charge in [-0.3, -0.25) is 4.79 Å². The lowest BCUT2D eigenvalue weighted by Crippen LogP contribution is -2.07. The maximum Gasteiger partial charge on any atom is 0.293 e. The molecule has 1 N–H and O–H groups in total.